The first-order chi connectivity index (χ1) is 7.11. The smallest absolute Gasteiger partial charge is 0.165 e. The number of hydrogen-bond donors (Lipinski definition) is 0. The molecule has 0 bridgehead atoms. The van der Waals surface area contributed by atoms with Crippen LogP contribution in [0.3, 0.4) is 0 Å². The number of fused-ring (bicyclic) bond motifs is 1. The van der Waals surface area contributed by atoms with E-state index in [1.165, 1.54) is 0 Å². The van der Waals surface area contributed by atoms with Crippen molar-refractivity contribution in [3.8, 4) is 0 Å². The van der Waals surface area contributed by atoms with Crippen LogP contribution in [0, 0.1) is 6.92 Å². The number of ketones is 1. The van der Waals surface area contributed by atoms with Crippen LogP contribution in [-0.2, 0) is 0 Å². The van der Waals surface area contributed by atoms with Crippen molar-refractivity contribution in [2.75, 3.05) is 18.5 Å². The number of halogens is 1. The first kappa shape index (κ1) is 10.5. The minimum absolute atomic E-state index is 0.231. The first-order valence-electron chi connectivity index (χ1n) is 5.14. The van der Waals surface area contributed by atoms with Gasteiger partial charge in [0.1, 0.15) is 0 Å². The third-order valence-corrected chi connectivity index (χ3v) is 3.35. The molecule has 1 heterocycles. The molecule has 1 aliphatic rings. The molecule has 0 unspecified atom stereocenters. The van der Waals surface area contributed by atoms with Crippen LogP contribution < -0.4 is 4.90 Å². The highest BCUT2D eigenvalue weighted by Crippen LogP contribution is 2.33. The molecular formula is C12H14ClNO. The van der Waals surface area contributed by atoms with E-state index in [1.54, 1.807) is 0 Å². The van der Waals surface area contributed by atoms with Gasteiger partial charge in [-0.15, -0.1) is 0 Å². The zero-order valence-electron chi connectivity index (χ0n) is 9.01. The molecule has 15 heavy (non-hydrogen) atoms. The van der Waals surface area contributed by atoms with E-state index < -0.39 is 0 Å². The van der Waals surface area contributed by atoms with Gasteiger partial charge in [0.25, 0.3) is 0 Å². The van der Waals surface area contributed by atoms with Crippen LogP contribution in [0.2, 0.25) is 5.02 Å². The molecule has 1 aliphatic heterocycles. The summed E-state index contributed by atoms with van der Waals surface area (Å²) in [5.74, 6) is 0.231. The van der Waals surface area contributed by atoms with Gasteiger partial charge in [-0.1, -0.05) is 11.6 Å². The van der Waals surface area contributed by atoms with E-state index in [-0.39, 0.29) is 5.78 Å². The lowest BCUT2D eigenvalue weighted by molar-refractivity contribution is 0.0984. The number of hydrogen-bond acceptors (Lipinski definition) is 2. The summed E-state index contributed by atoms with van der Waals surface area (Å²) in [6.45, 7) is 2.89. The van der Waals surface area contributed by atoms with Gasteiger partial charge in [0.2, 0.25) is 0 Å². The van der Waals surface area contributed by atoms with E-state index in [0.717, 1.165) is 34.8 Å². The molecule has 1 aromatic carbocycles. The fourth-order valence-electron chi connectivity index (χ4n) is 2.12. The lowest BCUT2D eigenvalue weighted by Crippen LogP contribution is -2.19. The zero-order valence-corrected chi connectivity index (χ0v) is 9.77. The molecule has 0 spiro atoms. The van der Waals surface area contributed by atoms with E-state index in [0.29, 0.717) is 6.42 Å². The van der Waals surface area contributed by atoms with Crippen LogP contribution >= 0.6 is 11.6 Å². The molecule has 0 aliphatic carbocycles. The third kappa shape index (κ3) is 1.74. The van der Waals surface area contributed by atoms with Crippen LogP contribution in [0.1, 0.15) is 28.8 Å². The number of carbonyl (C=O) groups excluding carboxylic acids is 1. The Labute approximate surface area is 94.8 Å². The summed E-state index contributed by atoms with van der Waals surface area (Å²) in [6.07, 6.45) is 1.56. The highest BCUT2D eigenvalue weighted by molar-refractivity contribution is 6.32. The van der Waals surface area contributed by atoms with Crippen molar-refractivity contribution in [1.82, 2.24) is 0 Å². The summed E-state index contributed by atoms with van der Waals surface area (Å²) in [6, 6.07) is 3.65. The Morgan fingerprint density at radius 3 is 2.87 bits per heavy atom. The molecule has 2 nitrogen and oxygen atoms in total. The maximum atomic E-state index is 11.8. The molecular weight excluding hydrogens is 210 g/mol. The predicted octanol–water partition coefficient (Wildman–Crippen LogP) is 3.06. The second kappa shape index (κ2) is 3.86. The Morgan fingerprint density at radius 2 is 2.13 bits per heavy atom. The number of nitrogens with zero attached hydrogens (tertiary/aromatic N) is 1. The molecule has 0 aromatic heterocycles. The van der Waals surface area contributed by atoms with Crippen LogP contribution in [0.5, 0.6) is 0 Å². The van der Waals surface area contributed by atoms with Crippen molar-refractivity contribution in [2.24, 2.45) is 0 Å². The molecule has 0 saturated heterocycles. The van der Waals surface area contributed by atoms with Crippen molar-refractivity contribution in [1.29, 1.82) is 0 Å². The van der Waals surface area contributed by atoms with Crippen molar-refractivity contribution in [2.45, 2.75) is 19.8 Å². The molecule has 2 rings (SSSR count). The van der Waals surface area contributed by atoms with Gasteiger partial charge in [0, 0.05) is 30.6 Å². The van der Waals surface area contributed by atoms with Gasteiger partial charge < -0.3 is 4.90 Å². The Kier molecular flexibility index (Phi) is 2.70. The molecule has 0 atom stereocenters. The highest BCUT2D eigenvalue weighted by atomic mass is 35.5. The number of anilines is 1. The van der Waals surface area contributed by atoms with Gasteiger partial charge in [-0.3, -0.25) is 4.79 Å². The largest absolute Gasteiger partial charge is 0.374 e. The molecule has 80 valence electrons. The maximum absolute atomic E-state index is 11.8. The normalized spacial score (nSPS) is 16.2. The van der Waals surface area contributed by atoms with Crippen molar-refractivity contribution < 1.29 is 4.79 Å². The molecule has 0 radical (unpaired) electrons. The average molecular weight is 224 g/mol. The summed E-state index contributed by atoms with van der Waals surface area (Å²) in [5, 5.41) is 0.732. The van der Waals surface area contributed by atoms with Crippen LogP contribution in [0.15, 0.2) is 12.1 Å². The van der Waals surface area contributed by atoms with Crippen molar-refractivity contribution in [3.05, 3.63) is 28.3 Å². The first-order valence-corrected chi connectivity index (χ1v) is 5.52. The minimum Gasteiger partial charge on any atom is -0.374 e. The molecule has 0 fully saturated rings. The van der Waals surface area contributed by atoms with Gasteiger partial charge in [0.15, 0.2) is 5.78 Å². The Bertz CT molecular complexity index is 414. The standard InChI is InChI=1S/C12H14ClNO/c1-8-10(13)6-5-9-11(15)4-3-7-14(2)12(8)9/h5-6H,3-4,7H2,1-2H3. The topological polar surface area (TPSA) is 20.3 Å². The van der Waals surface area contributed by atoms with Gasteiger partial charge in [-0.25, -0.2) is 0 Å². The highest BCUT2D eigenvalue weighted by Gasteiger charge is 2.21. The summed E-state index contributed by atoms with van der Waals surface area (Å²) < 4.78 is 0. The molecule has 0 N–H and O–H groups in total. The number of rotatable bonds is 0. The monoisotopic (exact) mass is 223 g/mol. The second-order valence-electron chi connectivity index (χ2n) is 4.02. The Morgan fingerprint density at radius 1 is 1.40 bits per heavy atom. The number of carbonyl (C=O) groups is 1. The summed E-state index contributed by atoms with van der Waals surface area (Å²) in [4.78, 5) is 14.0. The van der Waals surface area contributed by atoms with Gasteiger partial charge in [-0.2, -0.15) is 0 Å². The van der Waals surface area contributed by atoms with Crippen LogP contribution in [0.25, 0.3) is 0 Å². The van der Waals surface area contributed by atoms with E-state index in [4.69, 9.17) is 11.6 Å². The van der Waals surface area contributed by atoms with Crippen LogP contribution in [0.4, 0.5) is 5.69 Å². The van der Waals surface area contributed by atoms with Crippen LogP contribution in [-0.4, -0.2) is 19.4 Å². The molecule has 0 amide bonds. The lowest BCUT2D eigenvalue weighted by Gasteiger charge is -2.21. The summed E-state index contributed by atoms with van der Waals surface area (Å²) in [7, 11) is 2.01. The third-order valence-electron chi connectivity index (χ3n) is 2.94. The molecule has 0 saturated carbocycles. The van der Waals surface area contributed by atoms with E-state index in [1.807, 2.05) is 26.1 Å². The second-order valence-corrected chi connectivity index (χ2v) is 4.42. The zero-order chi connectivity index (χ0) is 11.0. The molecule has 3 heteroatoms. The minimum atomic E-state index is 0.231. The fraction of sp³-hybridized carbons (Fsp3) is 0.417. The summed E-state index contributed by atoms with van der Waals surface area (Å²) in [5.41, 5.74) is 2.83. The Hall–Kier alpha value is -1.02. The summed E-state index contributed by atoms with van der Waals surface area (Å²) >= 11 is 6.07. The lowest BCUT2D eigenvalue weighted by atomic mass is 10.0. The SMILES string of the molecule is Cc1c(Cl)ccc2c1N(C)CCCC2=O. The van der Waals surface area contributed by atoms with Gasteiger partial charge >= 0.3 is 0 Å². The van der Waals surface area contributed by atoms with Crippen molar-refractivity contribution in [3.63, 3.8) is 0 Å². The average Bonchev–Trinajstić information content (AvgIpc) is 2.33. The van der Waals surface area contributed by atoms with E-state index in [9.17, 15) is 4.79 Å². The fourth-order valence-corrected chi connectivity index (χ4v) is 2.27. The predicted molar refractivity (Wildman–Crippen MR) is 63.0 cm³/mol. The number of Topliss-reactive ketones (excluding diaryl/α,β-unsaturated/α-hetero) is 1. The van der Waals surface area contributed by atoms with E-state index in [2.05, 4.69) is 4.90 Å². The Balaban J connectivity index is 2.64. The quantitative estimate of drug-likeness (QED) is 0.674. The number of benzene rings is 1. The van der Waals surface area contributed by atoms with E-state index >= 15 is 0 Å². The van der Waals surface area contributed by atoms with Gasteiger partial charge in [0.05, 0.1) is 5.69 Å². The van der Waals surface area contributed by atoms with Gasteiger partial charge in [-0.05, 0) is 31.0 Å². The maximum Gasteiger partial charge on any atom is 0.165 e. The van der Waals surface area contributed by atoms with Crippen molar-refractivity contribution >= 4 is 23.1 Å². The molecule has 1 aromatic rings.